The molecule has 736 valence electrons. The molecule has 0 saturated carbocycles. The van der Waals surface area contributed by atoms with Crippen LogP contribution < -0.4 is 120 Å². The normalized spacial score (nSPS) is 14.9. The Hall–Kier alpha value is -12.6. The number of aliphatic hydroxyl groups excluding tert-OH is 1. The van der Waals surface area contributed by atoms with Crippen molar-refractivity contribution in [1.82, 2.24) is 74.4 Å². The van der Waals surface area contributed by atoms with Gasteiger partial charge in [-0.2, -0.15) is 0 Å². The van der Waals surface area contributed by atoms with Gasteiger partial charge in [0.1, 0.15) is 78.5 Å². The number of hydrogen-bond donors (Lipinski definition) is 23. The molecular formula is C94H142N22O18. The van der Waals surface area contributed by atoms with Crippen molar-refractivity contribution in [3.05, 3.63) is 132 Å². The molecule has 0 aliphatic heterocycles. The van der Waals surface area contributed by atoms with Gasteiger partial charge in [-0.3, -0.25) is 81.5 Å². The molecule has 0 aromatic heterocycles. The molecule has 0 bridgehead atoms. The van der Waals surface area contributed by atoms with Gasteiger partial charge in [-0.15, -0.1) is 0 Å². The first-order valence-corrected chi connectivity index (χ1v) is 46.1. The maximum absolute atomic E-state index is 15.2. The lowest BCUT2D eigenvalue weighted by molar-refractivity contribution is -0.136. The summed E-state index contributed by atoms with van der Waals surface area (Å²) in [5.74, 6) is -16.7. The van der Waals surface area contributed by atoms with E-state index >= 15 is 14.4 Å². The van der Waals surface area contributed by atoms with E-state index in [-0.39, 0.29) is 95.7 Å². The Morgan fingerprint density at radius 1 is 0.336 bits per heavy atom. The molecule has 5 aromatic rings. The number of amides is 17. The molecule has 0 aliphatic carbocycles. The van der Waals surface area contributed by atoms with Crippen LogP contribution in [0, 0.1) is 17.8 Å². The Bertz CT molecular complexity index is 4730. The average Bonchev–Trinajstić information content (AvgIpc) is 0.801. The molecule has 0 aliphatic rings. The highest BCUT2D eigenvalue weighted by Crippen LogP contribution is 2.24. The number of carbonyl (C=O) groups excluding carboxylic acids is 17. The molecule has 0 radical (unpaired) electrons. The smallest absolute Gasteiger partial charge is 0.245 e. The van der Waals surface area contributed by atoms with E-state index in [1.165, 1.54) is 6.92 Å². The van der Waals surface area contributed by atoms with Gasteiger partial charge in [-0.05, 0) is 173 Å². The van der Waals surface area contributed by atoms with Crippen molar-refractivity contribution in [3.8, 4) is 0 Å². The number of carbonyl (C=O) groups is 17. The number of primary amides is 3. The number of aliphatic hydroxyl groups is 1. The van der Waals surface area contributed by atoms with E-state index in [1.807, 2.05) is 32.9 Å². The second-order valence-corrected chi connectivity index (χ2v) is 34.4. The molecule has 0 unspecified atom stereocenters. The van der Waals surface area contributed by atoms with Gasteiger partial charge in [0.15, 0.2) is 0 Å². The van der Waals surface area contributed by atoms with Gasteiger partial charge in [-0.1, -0.05) is 176 Å². The zero-order chi connectivity index (χ0) is 99.1. The van der Waals surface area contributed by atoms with E-state index in [9.17, 15) is 72.2 Å². The van der Waals surface area contributed by atoms with E-state index in [0.29, 0.717) is 85.4 Å². The van der Waals surface area contributed by atoms with Gasteiger partial charge < -0.3 is 125 Å². The van der Waals surface area contributed by atoms with E-state index in [2.05, 4.69) is 74.4 Å². The quantitative estimate of drug-likeness (QED) is 0.0188. The molecule has 0 heterocycles. The van der Waals surface area contributed by atoms with Crippen molar-refractivity contribution < 1.29 is 86.6 Å². The van der Waals surface area contributed by atoms with Crippen molar-refractivity contribution in [2.24, 2.45) is 63.6 Å². The molecule has 16 atom stereocenters. The Morgan fingerprint density at radius 2 is 0.709 bits per heavy atom. The van der Waals surface area contributed by atoms with Crippen LogP contribution in [0.2, 0.25) is 0 Å². The summed E-state index contributed by atoms with van der Waals surface area (Å²) in [6, 6.07) is 13.0. The van der Waals surface area contributed by atoms with Gasteiger partial charge in [-0.25, -0.2) is 0 Å². The van der Waals surface area contributed by atoms with Crippen molar-refractivity contribution in [2.75, 3.05) is 39.3 Å². The number of hydrogen-bond acceptors (Lipinski definition) is 23. The maximum atomic E-state index is 15.2. The number of benzene rings is 5. The van der Waals surface area contributed by atoms with Crippen LogP contribution in [0.15, 0.2) is 115 Å². The van der Waals surface area contributed by atoms with E-state index < -0.39 is 223 Å². The van der Waals surface area contributed by atoms with Crippen LogP contribution in [-0.2, 0) is 101 Å². The summed E-state index contributed by atoms with van der Waals surface area (Å²) >= 11 is 0. The number of unbranched alkanes of at least 4 members (excludes halogenated alkanes) is 4. The van der Waals surface area contributed by atoms with Crippen LogP contribution in [0.3, 0.4) is 0 Å². The summed E-state index contributed by atoms with van der Waals surface area (Å²) in [5, 5.41) is 49.9. The van der Waals surface area contributed by atoms with E-state index in [1.54, 1.807) is 124 Å². The molecule has 0 spiro atoms. The zero-order valence-electron chi connectivity index (χ0n) is 77.9. The Labute approximate surface area is 782 Å². The summed E-state index contributed by atoms with van der Waals surface area (Å²) < 4.78 is 0. The fourth-order valence-electron chi connectivity index (χ4n) is 15.0. The molecule has 17 amide bonds. The largest absolute Gasteiger partial charge is 0.394 e. The number of nitrogens with two attached hydrogens (primary N) is 8. The minimum atomic E-state index is -1.85. The van der Waals surface area contributed by atoms with Gasteiger partial charge >= 0.3 is 0 Å². The molecule has 5 rings (SSSR count). The third-order valence-corrected chi connectivity index (χ3v) is 23.1. The average molecular weight is 1870 g/mol. The highest BCUT2D eigenvalue weighted by molar-refractivity contribution is 6.02. The van der Waals surface area contributed by atoms with Gasteiger partial charge in [0.2, 0.25) is 100 Å². The molecule has 0 fully saturated rings. The molecule has 0 saturated heterocycles. The van der Waals surface area contributed by atoms with Crippen LogP contribution in [-0.4, -0.2) is 229 Å². The minimum absolute atomic E-state index is 0.0672. The molecule has 40 nitrogen and oxygen atoms in total. The van der Waals surface area contributed by atoms with Crippen LogP contribution in [0.4, 0.5) is 0 Å². The number of fused-ring (bicyclic) bond motifs is 2. The van der Waals surface area contributed by atoms with Crippen molar-refractivity contribution in [2.45, 2.75) is 268 Å². The molecule has 31 N–H and O–H groups in total. The highest BCUT2D eigenvalue weighted by Gasteiger charge is 2.39. The monoisotopic (exact) mass is 1870 g/mol. The summed E-state index contributed by atoms with van der Waals surface area (Å²) in [6.07, 6.45) is 1.77. The molecule has 5 aromatic carbocycles. The topological polar surface area (TPSA) is 687 Å². The fourth-order valence-corrected chi connectivity index (χ4v) is 15.0. The number of nitrogens with one attached hydrogen (secondary N) is 14. The Morgan fingerprint density at radius 3 is 1.18 bits per heavy atom. The first-order valence-electron chi connectivity index (χ1n) is 46.1. The van der Waals surface area contributed by atoms with Crippen LogP contribution in [0.1, 0.15) is 181 Å². The number of rotatable bonds is 63. The predicted molar refractivity (Wildman–Crippen MR) is 506 cm³/mol. The molecule has 40 heteroatoms. The standard InChI is InChI=1S/C94H142N22O18/c1-8-55(5)79(81(102)121)115-87(127)68(40-20-24-46-98)109-94(134)80(56(6)9-2)116-93(133)75(53-117)105-78(120)52-103-84(124)66(38-18-22-44-96)107-90(130)72(49-61-33-25-31-59-29-13-15-35-63(59)61)112-86(126)67(39-19-23-45-97)106-82(122)57(7)104-85(125)69(41-42-76(100)118)108-91(131)73(50-62-34-26-32-60-30-14-16-36-64(60)62)113-92(132)74(51-77(101)119)114-89(129)71(48-58-27-11-10-12-28-58)111-88(128)70(47-54(3)4)110-83(123)65(99)37-17-21-43-95/h10-16,25-36,54-57,65-75,79-80,117H,8-9,17-24,37-53,95-99H2,1-7H3,(H2,100,118)(H2,101,119)(H2,102,121)(H,103,124)(H,104,125)(H,105,120)(H,106,122)(H,107,130)(H,108,131)(H,109,134)(H,110,123)(H,111,128)(H,112,126)(H,113,132)(H,114,129)(H,115,127)(H,116,133)/t55-,56-,57-,65-,66-,67-,68-,69-,70-,71-,72-,73-,74-,75-,79-,80-/m0/s1. The fraction of sp³-hybridized carbons (Fsp3) is 0.543. The van der Waals surface area contributed by atoms with Crippen molar-refractivity contribution in [3.63, 3.8) is 0 Å². The van der Waals surface area contributed by atoms with E-state index in [0.717, 1.165) is 10.8 Å². The zero-order valence-corrected chi connectivity index (χ0v) is 77.9. The SMILES string of the molecule is CC[C@H](C)[C@H](NC(=O)[C@H](CCCCN)NC(=O)[C@@H](NC(=O)[C@H](CO)NC(=O)CNC(=O)[C@H](CCCCN)NC(=O)[C@H](Cc1cccc2ccccc12)NC(=O)[C@H](CCCCN)NC(=O)[C@H](C)NC(=O)[C@H](CCC(N)=O)NC(=O)[C@H](Cc1cccc2ccccc12)NC(=O)[C@H](CC(N)=O)NC(=O)[C@H](Cc1ccccc1)NC(=O)[C@H](CC(C)C)NC(=O)[C@@H](N)CCCCN)[C@@H](C)CC)C(N)=O. The maximum Gasteiger partial charge on any atom is 0.245 e. The summed E-state index contributed by atoms with van der Waals surface area (Å²) in [6.45, 7) is 11.0. The second-order valence-electron chi connectivity index (χ2n) is 34.4. The molecule has 134 heavy (non-hydrogen) atoms. The van der Waals surface area contributed by atoms with Crippen molar-refractivity contribution in [1.29, 1.82) is 0 Å². The van der Waals surface area contributed by atoms with Crippen LogP contribution in [0.25, 0.3) is 21.5 Å². The van der Waals surface area contributed by atoms with E-state index in [4.69, 9.17) is 45.9 Å². The van der Waals surface area contributed by atoms with Crippen LogP contribution >= 0.6 is 0 Å². The second kappa shape index (κ2) is 59.1. The third-order valence-electron chi connectivity index (χ3n) is 23.1. The van der Waals surface area contributed by atoms with Crippen molar-refractivity contribution >= 4 is 122 Å². The van der Waals surface area contributed by atoms with Crippen LogP contribution in [0.5, 0.6) is 0 Å². The Balaban J connectivity index is 1.41. The van der Waals surface area contributed by atoms with Gasteiger partial charge in [0.25, 0.3) is 0 Å². The van der Waals surface area contributed by atoms with Gasteiger partial charge in [0.05, 0.1) is 25.6 Å². The molecular weight excluding hydrogens is 1730 g/mol. The minimum Gasteiger partial charge on any atom is -0.394 e. The lowest BCUT2D eigenvalue weighted by Gasteiger charge is -2.29. The summed E-state index contributed by atoms with van der Waals surface area (Å²) in [4.78, 5) is 240. The lowest BCUT2D eigenvalue weighted by atomic mass is 9.96. The highest BCUT2D eigenvalue weighted by atomic mass is 16.3. The summed E-state index contributed by atoms with van der Waals surface area (Å²) in [7, 11) is 0. The van der Waals surface area contributed by atoms with Gasteiger partial charge in [0, 0.05) is 25.7 Å². The first kappa shape index (κ1) is 112. The predicted octanol–water partition coefficient (Wildman–Crippen LogP) is -1.94. The summed E-state index contributed by atoms with van der Waals surface area (Å²) in [5.41, 5.74) is 48.1. The first-order chi connectivity index (χ1) is 63.9. The lowest BCUT2D eigenvalue weighted by Crippen LogP contribution is -2.61. The third kappa shape index (κ3) is 38.2. The Kier molecular flexibility index (Phi) is 49.3.